The Morgan fingerprint density at radius 3 is 1.48 bits per heavy atom. The van der Waals surface area contributed by atoms with Crippen molar-refractivity contribution < 1.29 is 0 Å². The monoisotopic (exact) mass is 781 g/mol. The van der Waals surface area contributed by atoms with Crippen molar-refractivity contribution in [2.24, 2.45) is 0 Å². The van der Waals surface area contributed by atoms with Gasteiger partial charge in [0.05, 0.1) is 22.3 Å². The van der Waals surface area contributed by atoms with Crippen molar-refractivity contribution in [3.05, 3.63) is 235 Å². The maximum absolute atomic E-state index is 5.28. The van der Waals surface area contributed by atoms with Gasteiger partial charge in [-0.15, -0.1) is 0 Å². The smallest absolute Gasteiger partial charge is 0.160 e. The van der Waals surface area contributed by atoms with E-state index in [9.17, 15) is 0 Å². The molecule has 0 atom stereocenters. The largest absolute Gasteiger partial charge is 0.256 e. The van der Waals surface area contributed by atoms with Crippen molar-refractivity contribution in [2.75, 3.05) is 0 Å². The van der Waals surface area contributed by atoms with E-state index in [2.05, 4.69) is 188 Å². The molecule has 12 rings (SSSR count). The zero-order valence-electron chi connectivity index (χ0n) is 32.5. The van der Waals surface area contributed by atoms with Gasteiger partial charge in [-0.25, -0.2) is 9.97 Å². The lowest BCUT2D eigenvalue weighted by Crippen LogP contribution is -2.32. The molecule has 1 aliphatic carbocycles. The average molecular weight is 782 g/mol. The first kappa shape index (κ1) is 34.6. The molecule has 0 saturated carbocycles. The average Bonchev–Trinajstić information content (AvgIpc) is 3.62. The van der Waals surface area contributed by atoms with Crippen LogP contribution in [0.1, 0.15) is 22.3 Å². The molecule has 8 aromatic carbocycles. The molecule has 4 heteroatoms. The van der Waals surface area contributed by atoms with Crippen LogP contribution in [0.2, 0.25) is 0 Å². The predicted molar refractivity (Wildman–Crippen MR) is 246 cm³/mol. The second kappa shape index (κ2) is 13.9. The Balaban J connectivity index is 1.10. The zero-order chi connectivity index (χ0) is 39.6. The van der Waals surface area contributed by atoms with Gasteiger partial charge in [-0.3, -0.25) is 4.98 Å². The van der Waals surface area contributed by atoms with E-state index in [4.69, 9.17) is 15.0 Å². The van der Waals surface area contributed by atoms with Gasteiger partial charge in [-0.2, -0.15) is 0 Å². The van der Waals surface area contributed by atoms with Gasteiger partial charge in [0.1, 0.15) is 0 Å². The van der Waals surface area contributed by atoms with Gasteiger partial charge in [-0.05, 0) is 86.5 Å². The maximum Gasteiger partial charge on any atom is 0.160 e. The van der Waals surface area contributed by atoms with E-state index >= 15 is 0 Å². The summed E-state index contributed by atoms with van der Waals surface area (Å²) in [5.74, 6) is 0.702. The highest BCUT2D eigenvalue weighted by atomic mass is 32.2. The summed E-state index contributed by atoms with van der Waals surface area (Å²) in [6.07, 6.45) is 1.91. The fourth-order valence-electron chi connectivity index (χ4n) is 9.57. The van der Waals surface area contributed by atoms with Crippen molar-refractivity contribution in [1.29, 1.82) is 0 Å². The van der Waals surface area contributed by atoms with Crippen LogP contribution >= 0.6 is 11.8 Å². The number of rotatable bonds is 5. The summed E-state index contributed by atoms with van der Waals surface area (Å²) in [5, 5.41) is 1.14. The zero-order valence-corrected chi connectivity index (χ0v) is 33.3. The van der Waals surface area contributed by atoms with E-state index in [1.54, 1.807) is 0 Å². The molecule has 3 heterocycles. The Labute approximate surface area is 353 Å². The van der Waals surface area contributed by atoms with Crippen LogP contribution in [0.3, 0.4) is 0 Å². The summed E-state index contributed by atoms with van der Waals surface area (Å²) < 4.78 is 0. The maximum atomic E-state index is 5.28. The normalized spacial score (nSPS) is 13.1. The third-order valence-electron chi connectivity index (χ3n) is 12.2. The Morgan fingerprint density at radius 1 is 0.350 bits per heavy atom. The number of nitrogens with zero attached hydrogens (tertiary/aromatic N) is 3. The summed E-state index contributed by atoms with van der Waals surface area (Å²) in [6.45, 7) is 0. The van der Waals surface area contributed by atoms with Crippen LogP contribution in [-0.2, 0) is 5.41 Å². The highest BCUT2D eigenvalue weighted by Gasteiger charge is 2.50. The van der Waals surface area contributed by atoms with Crippen LogP contribution in [-0.4, -0.2) is 15.0 Å². The van der Waals surface area contributed by atoms with Crippen molar-refractivity contribution in [1.82, 2.24) is 15.0 Å². The molecular formula is C56H35N3S. The third-order valence-corrected chi connectivity index (χ3v) is 13.4. The minimum Gasteiger partial charge on any atom is -0.256 e. The number of fused-ring (bicyclic) bond motifs is 10. The first-order valence-corrected chi connectivity index (χ1v) is 21.2. The molecule has 280 valence electrons. The van der Waals surface area contributed by atoms with E-state index in [1.165, 1.54) is 54.3 Å². The second-order valence-corrected chi connectivity index (χ2v) is 16.6. The van der Waals surface area contributed by atoms with Gasteiger partial charge < -0.3 is 0 Å². The van der Waals surface area contributed by atoms with Crippen LogP contribution in [0.25, 0.3) is 78.2 Å². The highest BCUT2D eigenvalue weighted by Crippen LogP contribution is 2.63. The third kappa shape index (κ3) is 5.35. The van der Waals surface area contributed by atoms with Crippen molar-refractivity contribution in [3.63, 3.8) is 0 Å². The molecule has 0 bridgehead atoms. The fourth-order valence-corrected chi connectivity index (χ4v) is 10.7. The van der Waals surface area contributed by atoms with Crippen molar-refractivity contribution in [2.45, 2.75) is 15.2 Å². The van der Waals surface area contributed by atoms with Crippen LogP contribution in [0.15, 0.2) is 222 Å². The van der Waals surface area contributed by atoms with Gasteiger partial charge in [0.2, 0.25) is 0 Å². The molecule has 1 spiro atoms. The Bertz CT molecular complexity index is 3190. The first-order valence-electron chi connectivity index (χ1n) is 20.3. The van der Waals surface area contributed by atoms with E-state index < -0.39 is 5.41 Å². The Morgan fingerprint density at radius 2 is 0.867 bits per heavy atom. The minimum absolute atomic E-state index is 0.596. The predicted octanol–water partition coefficient (Wildman–Crippen LogP) is 14.2. The van der Waals surface area contributed by atoms with E-state index in [0.29, 0.717) is 5.82 Å². The van der Waals surface area contributed by atoms with E-state index in [0.717, 1.165) is 50.1 Å². The van der Waals surface area contributed by atoms with Crippen molar-refractivity contribution in [3.8, 4) is 67.3 Å². The molecule has 2 aromatic heterocycles. The standard InChI is InChI=1S/C56H35N3S/c1-4-15-36(16-5-1)41-28-29-42(54-45(41)23-14-32-57-54)39-26-30-52-48(33-39)56(46-24-12-10-21-43(46)44-22-11-13-25-47(44)56)49-34-40(27-31-53(49)60-52)55-58-50(37-17-6-2-7-18-37)35-51(59-55)38-19-8-3-9-20-38/h1-35H. The van der Waals surface area contributed by atoms with Gasteiger partial charge in [0, 0.05) is 43.6 Å². The van der Waals surface area contributed by atoms with Crippen LogP contribution in [0, 0.1) is 0 Å². The summed E-state index contributed by atoms with van der Waals surface area (Å²) in [7, 11) is 0. The lowest BCUT2D eigenvalue weighted by molar-refractivity contribution is 0.723. The van der Waals surface area contributed by atoms with Gasteiger partial charge >= 0.3 is 0 Å². The van der Waals surface area contributed by atoms with Gasteiger partial charge in [-0.1, -0.05) is 182 Å². The molecule has 2 aliphatic rings. The number of hydrogen-bond donors (Lipinski definition) is 0. The Kier molecular flexibility index (Phi) is 8.00. The van der Waals surface area contributed by atoms with Gasteiger partial charge in [0.15, 0.2) is 5.82 Å². The molecule has 0 fully saturated rings. The summed E-state index contributed by atoms with van der Waals surface area (Å²) in [6, 6.07) is 74.2. The van der Waals surface area contributed by atoms with E-state index in [-0.39, 0.29) is 0 Å². The molecule has 0 N–H and O–H groups in total. The molecule has 60 heavy (non-hydrogen) atoms. The molecule has 0 radical (unpaired) electrons. The SMILES string of the molecule is c1ccc(-c2cc(-c3ccccc3)nc(-c3ccc4c(c3)C3(c5cc(-c6ccc(-c7ccccc7)c7cccnc67)ccc5S4)c4ccccc4-c4ccccc43)n2)cc1. The van der Waals surface area contributed by atoms with Crippen LogP contribution in [0.5, 0.6) is 0 Å². The first-order chi connectivity index (χ1) is 29.7. The van der Waals surface area contributed by atoms with Crippen molar-refractivity contribution >= 4 is 22.7 Å². The number of aromatic nitrogens is 3. The molecular weight excluding hydrogens is 747 g/mol. The second-order valence-electron chi connectivity index (χ2n) is 15.5. The molecule has 0 saturated heterocycles. The summed E-state index contributed by atoms with van der Waals surface area (Å²) >= 11 is 1.85. The van der Waals surface area contributed by atoms with E-state index in [1.807, 2.05) is 36.2 Å². The number of benzene rings is 8. The Hall–Kier alpha value is -7.40. The molecule has 1 aliphatic heterocycles. The lowest BCUT2D eigenvalue weighted by Gasteiger charge is -2.40. The molecule has 0 unspecified atom stereocenters. The molecule has 10 aromatic rings. The summed E-state index contributed by atoms with van der Waals surface area (Å²) in [4.78, 5) is 18.1. The molecule has 3 nitrogen and oxygen atoms in total. The quantitative estimate of drug-likeness (QED) is 0.174. The minimum atomic E-state index is -0.596. The highest BCUT2D eigenvalue weighted by molar-refractivity contribution is 7.99. The summed E-state index contributed by atoms with van der Waals surface area (Å²) in [5.41, 5.74) is 17.5. The van der Waals surface area contributed by atoms with Crippen LogP contribution < -0.4 is 0 Å². The number of pyridine rings is 1. The fraction of sp³-hybridized carbons (Fsp3) is 0.0179. The van der Waals surface area contributed by atoms with Gasteiger partial charge in [0.25, 0.3) is 0 Å². The molecule has 0 amide bonds. The topological polar surface area (TPSA) is 38.7 Å². The lowest BCUT2D eigenvalue weighted by atomic mass is 9.66. The van der Waals surface area contributed by atoms with Crippen LogP contribution in [0.4, 0.5) is 0 Å². The number of hydrogen-bond acceptors (Lipinski definition) is 4.